The summed E-state index contributed by atoms with van der Waals surface area (Å²) in [4.78, 5) is 26.9. The topological polar surface area (TPSA) is 106 Å². The molecule has 1 fully saturated rings. The summed E-state index contributed by atoms with van der Waals surface area (Å²) in [6.07, 6.45) is 2.44. The second-order valence-corrected chi connectivity index (χ2v) is 7.70. The number of thiol groups is 1. The van der Waals surface area contributed by atoms with E-state index in [9.17, 15) is 13.8 Å². The first kappa shape index (κ1) is 15.7. The minimum absolute atomic E-state index is 0.0938. The Balaban J connectivity index is 1.81. The first-order valence-electron chi connectivity index (χ1n) is 6.40. The van der Waals surface area contributed by atoms with Crippen molar-refractivity contribution in [3.63, 3.8) is 0 Å². The van der Waals surface area contributed by atoms with Crippen molar-refractivity contribution in [2.24, 2.45) is 0 Å². The predicted molar refractivity (Wildman–Crippen MR) is 78.5 cm³/mol. The molecule has 2 unspecified atom stereocenters. The number of H-pyrrole nitrogens is 1. The van der Waals surface area contributed by atoms with Gasteiger partial charge in [0.1, 0.15) is 5.39 Å². The van der Waals surface area contributed by atoms with Gasteiger partial charge in [0.15, 0.2) is 11.5 Å². The average Bonchev–Trinajstić information content (AvgIpc) is 3.01. The molecule has 3 atom stereocenters. The zero-order chi connectivity index (χ0) is 15.9. The van der Waals surface area contributed by atoms with E-state index in [0.29, 0.717) is 6.42 Å². The van der Waals surface area contributed by atoms with Gasteiger partial charge in [-0.05, 0) is 6.42 Å². The fraction of sp³-hybridized carbons (Fsp3) is 0.455. The number of ether oxygens (including phenoxy) is 1. The van der Waals surface area contributed by atoms with E-state index in [2.05, 4.69) is 22.2 Å². The molecule has 22 heavy (non-hydrogen) atoms. The Kier molecular flexibility index (Phi) is 4.13. The quantitative estimate of drug-likeness (QED) is 0.566. The predicted octanol–water partition coefficient (Wildman–Crippen LogP) is 1.24. The lowest BCUT2D eigenvalue weighted by molar-refractivity contribution is 0.0640. The molecule has 0 saturated carbocycles. The fourth-order valence-electron chi connectivity index (χ4n) is 2.50. The molecule has 2 N–H and O–H groups in total. The van der Waals surface area contributed by atoms with Crippen LogP contribution in [0.15, 0.2) is 17.3 Å². The summed E-state index contributed by atoms with van der Waals surface area (Å²) >= 11 is 3.41. The van der Waals surface area contributed by atoms with Crippen LogP contribution in [-0.2, 0) is 13.8 Å². The zero-order valence-corrected chi connectivity index (χ0v) is 13.0. The van der Waals surface area contributed by atoms with Crippen LogP contribution in [0.25, 0.3) is 11.0 Å². The minimum atomic E-state index is -3.86. The lowest BCUT2D eigenvalue weighted by atomic mass is 10.2. The van der Waals surface area contributed by atoms with E-state index < -0.39 is 24.3 Å². The molecule has 0 bridgehead atoms. The highest BCUT2D eigenvalue weighted by Crippen LogP contribution is 2.47. The molecule has 3 heterocycles. The van der Waals surface area contributed by atoms with Crippen molar-refractivity contribution < 1.29 is 23.1 Å². The molecule has 2 aromatic rings. The van der Waals surface area contributed by atoms with Gasteiger partial charge in [-0.2, -0.15) is 0 Å². The van der Waals surface area contributed by atoms with Crippen molar-refractivity contribution in [1.82, 2.24) is 14.5 Å². The van der Waals surface area contributed by atoms with Gasteiger partial charge < -0.3 is 19.2 Å². The van der Waals surface area contributed by atoms with Gasteiger partial charge in [-0.25, -0.2) is 13.9 Å². The van der Waals surface area contributed by atoms with Crippen LogP contribution < -0.4 is 5.56 Å². The number of nitrogens with one attached hydrogen (secondary N) is 1. The van der Waals surface area contributed by atoms with E-state index in [1.165, 1.54) is 12.5 Å². The monoisotopic (exact) mass is 349 g/mol. The number of nitrogens with zero attached hydrogens (tertiary/aromatic N) is 2. The SMILES string of the molecule is O=c1[nH]cnc2c1c(F)cn2C1CO[C@H](COP(=O)(O)S)C1. The summed E-state index contributed by atoms with van der Waals surface area (Å²) in [5.74, 6) is -0.653. The third kappa shape index (κ3) is 3.11. The second-order valence-electron chi connectivity index (χ2n) is 4.95. The van der Waals surface area contributed by atoms with E-state index in [4.69, 9.17) is 14.2 Å². The summed E-state index contributed by atoms with van der Waals surface area (Å²) in [5, 5.41) is -0.0996. The Hall–Kier alpha value is -1.19. The third-order valence-corrected chi connectivity index (χ3v) is 4.28. The smallest absolute Gasteiger partial charge is 0.374 e. The molecule has 2 aromatic heterocycles. The van der Waals surface area contributed by atoms with Crippen LogP contribution in [0.4, 0.5) is 4.39 Å². The Morgan fingerprint density at radius 1 is 1.68 bits per heavy atom. The highest BCUT2D eigenvalue weighted by molar-refractivity contribution is 8.44. The van der Waals surface area contributed by atoms with E-state index >= 15 is 0 Å². The van der Waals surface area contributed by atoms with Crippen LogP contribution in [0.3, 0.4) is 0 Å². The molecule has 0 aliphatic carbocycles. The first-order chi connectivity index (χ1) is 10.3. The van der Waals surface area contributed by atoms with Gasteiger partial charge in [-0.15, -0.1) is 0 Å². The Morgan fingerprint density at radius 3 is 3.18 bits per heavy atom. The highest BCUT2D eigenvalue weighted by atomic mass is 32.7. The molecule has 11 heteroatoms. The van der Waals surface area contributed by atoms with Crippen LogP contribution in [0.5, 0.6) is 0 Å². The maximum absolute atomic E-state index is 13.9. The van der Waals surface area contributed by atoms with Crippen LogP contribution in [0.1, 0.15) is 12.5 Å². The average molecular weight is 349 g/mol. The highest BCUT2D eigenvalue weighted by Gasteiger charge is 2.30. The summed E-state index contributed by atoms with van der Waals surface area (Å²) in [6, 6.07) is -0.243. The van der Waals surface area contributed by atoms with Crippen molar-refractivity contribution >= 4 is 30.1 Å². The van der Waals surface area contributed by atoms with Crippen molar-refractivity contribution in [2.75, 3.05) is 13.2 Å². The first-order valence-corrected chi connectivity index (χ1v) is 9.13. The van der Waals surface area contributed by atoms with Gasteiger partial charge in [0, 0.05) is 6.20 Å². The lowest BCUT2D eigenvalue weighted by Gasteiger charge is -2.12. The Morgan fingerprint density at radius 2 is 2.45 bits per heavy atom. The number of hydrogen-bond donors (Lipinski definition) is 3. The molecular weight excluding hydrogens is 336 g/mol. The van der Waals surface area contributed by atoms with Gasteiger partial charge in [0.2, 0.25) is 0 Å². The van der Waals surface area contributed by atoms with E-state index in [1.54, 1.807) is 4.57 Å². The van der Waals surface area contributed by atoms with Crippen LogP contribution in [-0.4, -0.2) is 38.7 Å². The van der Waals surface area contributed by atoms with Crippen LogP contribution >= 0.6 is 19.0 Å². The van der Waals surface area contributed by atoms with E-state index in [0.717, 1.165) is 0 Å². The molecule has 0 spiro atoms. The van der Waals surface area contributed by atoms with Gasteiger partial charge in [0.25, 0.3) is 5.56 Å². The minimum Gasteiger partial charge on any atom is -0.374 e. The van der Waals surface area contributed by atoms with Gasteiger partial charge in [-0.3, -0.25) is 9.32 Å². The summed E-state index contributed by atoms with van der Waals surface area (Å²) in [6.45, 7) is -3.70. The van der Waals surface area contributed by atoms with Crippen molar-refractivity contribution in [1.29, 1.82) is 0 Å². The molecule has 0 aromatic carbocycles. The number of rotatable bonds is 4. The lowest BCUT2D eigenvalue weighted by Crippen LogP contribution is -2.14. The molecular formula is C11H13FN3O5PS. The number of halogens is 1. The van der Waals surface area contributed by atoms with E-state index in [-0.39, 0.29) is 30.3 Å². The van der Waals surface area contributed by atoms with Gasteiger partial charge in [-0.1, -0.05) is 12.2 Å². The molecule has 0 amide bonds. The zero-order valence-electron chi connectivity index (χ0n) is 11.2. The summed E-state index contributed by atoms with van der Waals surface area (Å²) in [5.41, 5.74) is -0.310. The molecule has 8 nitrogen and oxygen atoms in total. The summed E-state index contributed by atoms with van der Waals surface area (Å²) in [7, 11) is 0. The van der Waals surface area contributed by atoms with Gasteiger partial charge in [0.05, 0.1) is 31.7 Å². The molecule has 1 saturated heterocycles. The number of hydrogen-bond acceptors (Lipinski definition) is 5. The fourth-order valence-corrected chi connectivity index (χ4v) is 3.06. The maximum atomic E-state index is 13.9. The maximum Gasteiger partial charge on any atom is 0.383 e. The molecule has 1 aliphatic rings. The summed E-state index contributed by atoms with van der Waals surface area (Å²) < 4.78 is 36.6. The normalized spacial score (nSPS) is 24.7. The Bertz CT molecular complexity index is 803. The molecule has 1 aliphatic heterocycles. The van der Waals surface area contributed by atoms with Crippen LogP contribution in [0.2, 0.25) is 0 Å². The molecule has 3 rings (SSSR count). The number of aromatic amines is 1. The van der Waals surface area contributed by atoms with Gasteiger partial charge >= 0.3 is 6.80 Å². The van der Waals surface area contributed by atoms with Crippen molar-refractivity contribution in [3.05, 3.63) is 28.7 Å². The second kappa shape index (κ2) is 5.78. The Labute approximate surface area is 129 Å². The number of fused-ring (bicyclic) bond motifs is 1. The van der Waals surface area contributed by atoms with Crippen molar-refractivity contribution in [2.45, 2.75) is 18.6 Å². The molecule has 0 radical (unpaired) electrons. The van der Waals surface area contributed by atoms with E-state index in [1.807, 2.05) is 0 Å². The van der Waals surface area contributed by atoms with Crippen LogP contribution in [0, 0.1) is 5.82 Å². The number of aromatic nitrogens is 3. The third-order valence-electron chi connectivity index (χ3n) is 3.45. The van der Waals surface area contributed by atoms with Crippen molar-refractivity contribution in [3.8, 4) is 0 Å². The molecule has 120 valence electrons. The largest absolute Gasteiger partial charge is 0.383 e. The standard InChI is InChI=1S/C11H13FN3O5PS/c12-8-2-15(10-9(8)11(16)14-5-13-10)6-1-7(19-3-6)4-20-21(17,18)22/h2,5-7H,1,3-4H2,(H,13,14,16)(H2,17,18,22)/t6?,7-/m0/s1.